The Morgan fingerprint density at radius 3 is 2.61 bits per heavy atom. The van der Waals surface area contributed by atoms with E-state index in [2.05, 4.69) is 26.1 Å². The van der Waals surface area contributed by atoms with Gasteiger partial charge in [0, 0.05) is 17.3 Å². The van der Waals surface area contributed by atoms with Gasteiger partial charge < -0.3 is 14.7 Å². The third-order valence-electron chi connectivity index (χ3n) is 2.21. The third kappa shape index (κ3) is 4.97. The minimum atomic E-state index is -0.992. The standard InChI is InChI=1S/C13H18N2O3/c1-15(2,3)9-10-4-5-12(16)11(6-10)7-14-8-13(17)18/h4-7H,8-9H2,1-3H3,(H-,14,16,17,18)/p+1. The molecule has 0 atom stereocenters. The fraction of sp³-hybridized carbons (Fsp3) is 0.385. The van der Waals surface area contributed by atoms with Gasteiger partial charge >= 0.3 is 5.97 Å². The lowest BCUT2D eigenvalue weighted by molar-refractivity contribution is -0.884. The first kappa shape index (κ1) is 14.2. The molecule has 0 radical (unpaired) electrons. The molecule has 0 aliphatic carbocycles. The molecular weight excluding hydrogens is 232 g/mol. The molecule has 0 unspecified atom stereocenters. The van der Waals surface area contributed by atoms with Crippen LogP contribution in [0.25, 0.3) is 0 Å². The summed E-state index contributed by atoms with van der Waals surface area (Å²) >= 11 is 0. The smallest absolute Gasteiger partial charge is 0.325 e. The Balaban J connectivity index is 2.88. The number of nitrogens with zero attached hydrogens (tertiary/aromatic N) is 2. The highest BCUT2D eigenvalue weighted by Gasteiger charge is 2.10. The van der Waals surface area contributed by atoms with Crippen LogP contribution in [-0.4, -0.2) is 54.6 Å². The number of hydrogen-bond acceptors (Lipinski definition) is 3. The van der Waals surface area contributed by atoms with Crippen molar-refractivity contribution >= 4 is 12.2 Å². The van der Waals surface area contributed by atoms with E-state index in [0.29, 0.717) is 5.56 Å². The van der Waals surface area contributed by atoms with Crippen molar-refractivity contribution in [1.29, 1.82) is 0 Å². The van der Waals surface area contributed by atoms with E-state index in [1.165, 1.54) is 6.21 Å². The number of benzene rings is 1. The SMILES string of the molecule is C[N+](C)(C)Cc1ccc(O)c(C=NCC(=O)O)c1. The van der Waals surface area contributed by atoms with Crippen molar-refractivity contribution in [1.82, 2.24) is 0 Å². The van der Waals surface area contributed by atoms with Crippen LogP contribution in [0.4, 0.5) is 0 Å². The average molecular weight is 251 g/mol. The number of phenols is 1. The minimum Gasteiger partial charge on any atom is -0.507 e. The van der Waals surface area contributed by atoms with Crippen LogP contribution in [0.15, 0.2) is 23.2 Å². The van der Waals surface area contributed by atoms with Gasteiger partial charge in [-0.2, -0.15) is 0 Å². The Labute approximate surface area is 107 Å². The number of quaternary nitrogens is 1. The van der Waals surface area contributed by atoms with Crippen LogP contribution in [0.5, 0.6) is 5.75 Å². The van der Waals surface area contributed by atoms with Crippen LogP contribution in [0.3, 0.4) is 0 Å². The second-order valence-electron chi connectivity index (χ2n) is 5.21. The molecule has 1 aromatic rings. The molecule has 2 N–H and O–H groups in total. The normalized spacial score (nSPS) is 11.9. The number of hydrogen-bond donors (Lipinski definition) is 2. The molecule has 0 aromatic heterocycles. The molecule has 1 aromatic carbocycles. The predicted octanol–water partition coefficient (Wildman–Crippen LogP) is 1.10. The van der Waals surface area contributed by atoms with Gasteiger partial charge in [0.15, 0.2) is 0 Å². The molecule has 0 saturated heterocycles. The van der Waals surface area contributed by atoms with E-state index >= 15 is 0 Å². The summed E-state index contributed by atoms with van der Waals surface area (Å²) in [6, 6.07) is 5.28. The lowest BCUT2D eigenvalue weighted by Gasteiger charge is -2.24. The van der Waals surface area contributed by atoms with E-state index in [4.69, 9.17) is 5.11 Å². The number of carbonyl (C=O) groups is 1. The number of carboxylic acids is 1. The summed E-state index contributed by atoms with van der Waals surface area (Å²) in [6.07, 6.45) is 1.39. The van der Waals surface area contributed by atoms with Crippen molar-refractivity contribution in [2.24, 2.45) is 4.99 Å². The maximum Gasteiger partial charge on any atom is 0.325 e. The average Bonchev–Trinajstić information content (AvgIpc) is 2.20. The van der Waals surface area contributed by atoms with E-state index in [-0.39, 0.29) is 12.3 Å². The van der Waals surface area contributed by atoms with Gasteiger partial charge in [0.05, 0.1) is 21.1 Å². The Morgan fingerprint density at radius 2 is 2.06 bits per heavy atom. The Kier molecular flexibility index (Phi) is 4.44. The lowest BCUT2D eigenvalue weighted by Crippen LogP contribution is -2.33. The van der Waals surface area contributed by atoms with Crippen molar-refractivity contribution in [3.05, 3.63) is 29.3 Å². The molecule has 5 heteroatoms. The zero-order chi connectivity index (χ0) is 13.8. The van der Waals surface area contributed by atoms with E-state index in [9.17, 15) is 9.90 Å². The van der Waals surface area contributed by atoms with E-state index < -0.39 is 5.97 Å². The third-order valence-corrected chi connectivity index (χ3v) is 2.21. The van der Waals surface area contributed by atoms with Crippen LogP contribution < -0.4 is 0 Å². The van der Waals surface area contributed by atoms with E-state index in [0.717, 1.165) is 16.6 Å². The van der Waals surface area contributed by atoms with Gasteiger partial charge in [-0.25, -0.2) is 0 Å². The van der Waals surface area contributed by atoms with Crippen LogP contribution in [0.1, 0.15) is 11.1 Å². The summed E-state index contributed by atoms with van der Waals surface area (Å²) in [4.78, 5) is 14.1. The van der Waals surface area contributed by atoms with Gasteiger partial charge in [-0.15, -0.1) is 0 Å². The molecule has 0 spiro atoms. The largest absolute Gasteiger partial charge is 0.507 e. The summed E-state index contributed by atoms with van der Waals surface area (Å²) in [6.45, 7) is 0.527. The summed E-state index contributed by atoms with van der Waals surface area (Å²) < 4.78 is 0.774. The molecule has 1 rings (SSSR count). The van der Waals surface area contributed by atoms with Gasteiger partial charge in [0.25, 0.3) is 0 Å². The molecule has 5 nitrogen and oxygen atoms in total. The van der Waals surface area contributed by atoms with Crippen molar-refractivity contribution in [3.63, 3.8) is 0 Å². The summed E-state index contributed by atoms with van der Waals surface area (Å²) in [5.41, 5.74) is 1.61. The number of carboxylic acid groups (broad SMARTS) is 1. The molecule has 0 aliphatic heterocycles. The molecule has 98 valence electrons. The molecule has 0 heterocycles. The van der Waals surface area contributed by atoms with E-state index in [1.54, 1.807) is 6.07 Å². The Hall–Kier alpha value is -1.88. The number of aromatic hydroxyl groups is 1. The summed E-state index contributed by atoms with van der Waals surface area (Å²) in [5, 5.41) is 18.1. The first-order valence-corrected chi connectivity index (χ1v) is 5.62. The maximum absolute atomic E-state index is 10.4. The highest BCUT2D eigenvalue weighted by Crippen LogP contribution is 2.18. The molecular formula is C13H19N2O3+. The lowest BCUT2D eigenvalue weighted by atomic mass is 10.1. The van der Waals surface area contributed by atoms with Crippen molar-refractivity contribution in [2.75, 3.05) is 27.7 Å². The van der Waals surface area contributed by atoms with Crippen LogP contribution in [0, 0.1) is 0 Å². The van der Waals surface area contributed by atoms with Gasteiger partial charge in [-0.05, 0) is 18.2 Å². The minimum absolute atomic E-state index is 0.106. The van der Waals surface area contributed by atoms with Crippen LogP contribution >= 0.6 is 0 Å². The molecule has 18 heavy (non-hydrogen) atoms. The van der Waals surface area contributed by atoms with Crippen molar-refractivity contribution < 1.29 is 19.5 Å². The first-order chi connectivity index (χ1) is 8.28. The predicted molar refractivity (Wildman–Crippen MR) is 69.9 cm³/mol. The van der Waals surface area contributed by atoms with Gasteiger partial charge in [-0.1, -0.05) is 0 Å². The quantitative estimate of drug-likeness (QED) is 0.608. The monoisotopic (exact) mass is 251 g/mol. The molecule has 0 bridgehead atoms. The summed E-state index contributed by atoms with van der Waals surface area (Å²) in [5.74, 6) is -0.887. The highest BCUT2D eigenvalue weighted by molar-refractivity contribution is 5.85. The van der Waals surface area contributed by atoms with E-state index in [1.807, 2.05) is 12.1 Å². The second kappa shape index (κ2) is 5.64. The second-order valence-corrected chi connectivity index (χ2v) is 5.21. The Morgan fingerprint density at radius 1 is 1.39 bits per heavy atom. The van der Waals surface area contributed by atoms with Gasteiger partial charge in [0.1, 0.15) is 18.8 Å². The maximum atomic E-state index is 10.4. The first-order valence-electron chi connectivity index (χ1n) is 5.62. The molecule has 0 fully saturated rings. The highest BCUT2D eigenvalue weighted by atomic mass is 16.4. The number of rotatable bonds is 5. The van der Waals surface area contributed by atoms with Crippen LogP contribution in [-0.2, 0) is 11.3 Å². The molecule has 0 aliphatic rings. The number of aliphatic imine (C=N–C) groups is 1. The Bertz CT molecular complexity index is 462. The number of aliphatic carboxylic acids is 1. The number of phenolic OH excluding ortho intramolecular Hbond substituents is 1. The zero-order valence-corrected chi connectivity index (χ0v) is 10.9. The summed E-state index contributed by atoms with van der Waals surface area (Å²) in [7, 11) is 6.22. The topological polar surface area (TPSA) is 69.9 Å². The fourth-order valence-electron chi connectivity index (χ4n) is 1.58. The molecule has 0 saturated carbocycles. The molecule has 0 amide bonds. The van der Waals surface area contributed by atoms with Gasteiger partial charge in [0.2, 0.25) is 0 Å². The fourth-order valence-corrected chi connectivity index (χ4v) is 1.58. The van der Waals surface area contributed by atoms with Crippen LogP contribution in [0.2, 0.25) is 0 Å². The zero-order valence-electron chi connectivity index (χ0n) is 10.9. The van der Waals surface area contributed by atoms with Crippen molar-refractivity contribution in [3.8, 4) is 5.75 Å². The van der Waals surface area contributed by atoms with Gasteiger partial charge in [-0.3, -0.25) is 9.79 Å². The van der Waals surface area contributed by atoms with Crippen molar-refractivity contribution in [2.45, 2.75) is 6.54 Å².